The van der Waals surface area contributed by atoms with Gasteiger partial charge in [-0.2, -0.15) is 0 Å². The largest absolute Gasteiger partial charge is 0.385 e. The van der Waals surface area contributed by atoms with Gasteiger partial charge in [0.2, 0.25) is 0 Å². The van der Waals surface area contributed by atoms with Crippen LogP contribution in [0.25, 0.3) is 0 Å². The SMILES string of the molecule is COCCC(C)C(CC1CCS(=O)(=O)C1)NN. The summed E-state index contributed by atoms with van der Waals surface area (Å²) in [4.78, 5) is 0. The van der Waals surface area contributed by atoms with E-state index in [4.69, 9.17) is 10.6 Å². The Hall–Kier alpha value is -0.170. The van der Waals surface area contributed by atoms with Gasteiger partial charge in [-0.15, -0.1) is 0 Å². The van der Waals surface area contributed by atoms with Gasteiger partial charge >= 0.3 is 0 Å². The Bertz CT molecular complexity index is 319. The zero-order valence-corrected chi connectivity index (χ0v) is 11.5. The molecule has 0 aromatic carbocycles. The summed E-state index contributed by atoms with van der Waals surface area (Å²) >= 11 is 0. The summed E-state index contributed by atoms with van der Waals surface area (Å²) in [7, 11) is -1.10. The second-order valence-corrected chi connectivity index (χ2v) is 7.27. The zero-order valence-electron chi connectivity index (χ0n) is 10.7. The molecule has 3 N–H and O–H groups in total. The van der Waals surface area contributed by atoms with Crippen LogP contribution < -0.4 is 11.3 Å². The van der Waals surface area contributed by atoms with Crippen LogP contribution in [0.5, 0.6) is 0 Å². The molecule has 3 unspecified atom stereocenters. The third kappa shape index (κ3) is 4.91. The molecule has 0 bridgehead atoms. The minimum absolute atomic E-state index is 0.170. The van der Waals surface area contributed by atoms with Gasteiger partial charge in [-0.3, -0.25) is 11.3 Å². The fourth-order valence-corrected chi connectivity index (χ4v) is 4.27. The maximum atomic E-state index is 11.4. The highest BCUT2D eigenvalue weighted by atomic mass is 32.2. The number of rotatable bonds is 7. The van der Waals surface area contributed by atoms with Crippen molar-refractivity contribution < 1.29 is 13.2 Å². The van der Waals surface area contributed by atoms with E-state index in [9.17, 15) is 8.42 Å². The molecule has 102 valence electrons. The average Bonchev–Trinajstić information content (AvgIpc) is 2.62. The third-order valence-electron chi connectivity index (χ3n) is 3.59. The van der Waals surface area contributed by atoms with Crippen molar-refractivity contribution in [2.24, 2.45) is 17.7 Å². The van der Waals surface area contributed by atoms with Crippen LogP contribution >= 0.6 is 0 Å². The summed E-state index contributed by atoms with van der Waals surface area (Å²) in [5.41, 5.74) is 2.81. The monoisotopic (exact) mass is 264 g/mol. The van der Waals surface area contributed by atoms with Crippen LogP contribution in [-0.2, 0) is 14.6 Å². The van der Waals surface area contributed by atoms with E-state index < -0.39 is 9.84 Å². The highest BCUT2D eigenvalue weighted by Gasteiger charge is 2.30. The lowest BCUT2D eigenvalue weighted by atomic mass is 9.90. The average molecular weight is 264 g/mol. The Labute approximate surface area is 104 Å². The van der Waals surface area contributed by atoms with Crippen LogP contribution in [0.3, 0.4) is 0 Å². The Kier molecular flexibility index (Phi) is 5.85. The summed E-state index contributed by atoms with van der Waals surface area (Å²) in [6.07, 6.45) is 2.54. The molecule has 0 aromatic rings. The maximum Gasteiger partial charge on any atom is 0.150 e. The van der Waals surface area contributed by atoms with Crippen molar-refractivity contribution >= 4 is 9.84 Å². The van der Waals surface area contributed by atoms with Crippen molar-refractivity contribution in [3.63, 3.8) is 0 Å². The van der Waals surface area contributed by atoms with E-state index in [1.54, 1.807) is 7.11 Å². The molecule has 0 aliphatic carbocycles. The minimum Gasteiger partial charge on any atom is -0.385 e. The number of hydrazine groups is 1. The summed E-state index contributed by atoms with van der Waals surface area (Å²) in [5.74, 6) is 6.85. The number of methoxy groups -OCH3 is 1. The first kappa shape index (κ1) is 14.9. The number of ether oxygens (including phenoxy) is 1. The Balaban J connectivity index is 2.41. The van der Waals surface area contributed by atoms with E-state index in [0.717, 1.165) is 19.3 Å². The van der Waals surface area contributed by atoms with Gasteiger partial charge in [0.05, 0.1) is 11.5 Å². The van der Waals surface area contributed by atoms with Gasteiger partial charge < -0.3 is 4.74 Å². The Morgan fingerprint density at radius 1 is 1.53 bits per heavy atom. The van der Waals surface area contributed by atoms with Gasteiger partial charge in [0.1, 0.15) is 0 Å². The standard InChI is InChI=1S/C11H24N2O3S/c1-9(3-5-16-2)11(13-12)7-10-4-6-17(14,15)8-10/h9-11,13H,3-8,12H2,1-2H3. The molecular formula is C11H24N2O3S. The predicted molar refractivity (Wildman–Crippen MR) is 68.1 cm³/mol. The molecule has 3 atom stereocenters. The molecule has 1 aliphatic rings. The third-order valence-corrected chi connectivity index (χ3v) is 5.43. The van der Waals surface area contributed by atoms with Crippen LogP contribution in [0, 0.1) is 11.8 Å². The molecule has 0 radical (unpaired) electrons. The molecule has 1 heterocycles. The lowest BCUT2D eigenvalue weighted by Crippen LogP contribution is -2.41. The lowest BCUT2D eigenvalue weighted by Gasteiger charge is -2.25. The highest BCUT2D eigenvalue weighted by Crippen LogP contribution is 2.25. The topological polar surface area (TPSA) is 81.4 Å². The summed E-state index contributed by atoms with van der Waals surface area (Å²) in [5, 5.41) is 0. The molecule has 1 rings (SSSR count). The summed E-state index contributed by atoms with van der Waals surface area (Å²) in [6, 6.07) is 0.170. The van der Waals surface area contributed by atoms with Crippen molar-refractivity contribution in [2.45, 2.75) is 32.2 Å². The van der Waals surface area contributed by atoms with Crippen molar-refractivity contribution in [3.8, 4) is 0 Å². The van der Waals surface area contributed by atoms with Gasteiger partial charge in [-0.05, 0) is 31.1 Å². The number of hydrogen-bond donors (Lipinski definition) is 2. The van der Waals surface area contributed by atoms with Crippen LogP contribution in [0.1, 0.15) is 26.2 Å². The molecular weight excluding hydrogens is 240 g/mol. The van der Waals surface area contributed by atoms with Crippen LogP contribution in [0.4, 0.5) is 0 Å². The van der Waals surface area contributed by atoms with Crippen LogP contribution in [0.15, 0.2) is 0 Å². The van der Waals surface area contributed by atoms with E-state index in [2.05, 4.69) is 12.3 Å². The van der Waals surface area contributed by atoms with E-state index in [0.29, 0.717) is 24.0 Å². The van der Waals surface area contributed by atoms with E-state index in [1.165, 1.54) is 0 Å². The fourth-order valence-electron chi connectivity index (χ4n) is 2.39. The molecule has 0 amide bonds. The van der Waals surface area contributed by atoms with Gasteiger partial charge in [0, 0.05) is 19.8 Å². The molecule has 0 spiro atoms. The van der Waals surface area contributed by atoms with Gasteiger partial charge in [0.15, 0.2) is 9.84 Å². The lowest BCUT2D eigenvalue weighted by molar-refractivity contribution is 0.166. The van der Waals surface area contributed by atoms with Crippen molar-refractivity contribution in [1.82, 2.24) is 5.43 Å². The zero-order chi connectivity index (χ0) is 12.9. The smallest absolute Gasteiger partial charge is 0.150 e. The number of nitrogens with one attached hydrogen (secondary N) is 1. The highest BCUT2D eigenvalue weighted by molar-refractivity contribution is 7.91. The first-order valence-corrected chi connectivity index (χ1v) is 7.96. The summed E-state index contributed by atoms with van der Waals surface area (Å²) < 4.78 is 27.8. The normalized spacial score (nSPS) is 26.9. The Morgan fingerprint density at radius 2 is 2.24 bits per heavy atom. The molecule has 1 saturated heterocycles. The molecule has 0 aromatic heterocycles. The van der Waals surface area contributed by atoms with Crippen molar-refractivity contribution in [3.05, 3.63) is 0 Å². The van der Waals surface area contributed by atoms with Gasteiger partial charge in [0.25, 0.3) is 0 Å². The van der Waals surface area contributed by atoms with E-state index in [-0.39, 0.29) is 12.0 Å². The first-order valence-electron chi connectivity index (χ1n) is 6.14. The second-order valence-electron chi connectivity index (χ2n) is 5.04. The molecule has 1 aliphatic heterocycles. The molecule has 5 nitrogen and oxygen atoms in total. The minimum atomic E-state index is -2.79. The number of nitrogens with two attached hydrogens (primary N) is 1. The molecule has 17 heavy (non-hydrogen) atoms. The molecule has 1 fully saturated rings. The van der Waals surface area contributed by atoms with Crippen molar-refractivity contribution in [1.29, 1.82) is 0 Å². The van der Waals surface area contributed by atoms with Crippen molar-refractivity contribution in [2.75, 3.05) is 25.2 Å². The quantitative estimate of drug-likeness (QED) is 0.511. The van der Waals surface area contributed by atoms with E-state index >= 15 is 0 Å². The van der Waals surface area contributed by atoms with Crippen LogP contribution in [0.2, 0.25) is 0 Å². The fraction of sp³-hybridized carbons (Fsp3) is 1.00. The van der Waals surface area contributed by atoms with Gasteiger partial charge in [-0.1, -0.05) is 6.92 Å². The molecule has 6 heteroatoms. The molecule has 0 saturated carbocycles. The van der Waals surface area contributed by atoms with E-state index in [1.807, 2.05) is 0 Å². The number of sulfone groups is 1. The second kappa shape index (κ2) is 6.68. The Morgan fingerprint density at radius 3 is 2.71 bits per heavy atom. The predicted octanol–water partition coefficient (Wildman–Crippen LogP) is 0.316. The first-order chi connectivity index (χ1) is 7.98. The summed E-state index contributed by atoms with van der Waals surface area (Å²) in [6.45, 7) is 2.83. The van der Waals surface area contributed by atoms with Crippen LogP contribution in [-0.4, -0.2) is 39.7 Å². The maximum absolute atomic E-state index is 11.4. The van der Waals surface area contributed by atoms with Gasteiger partial charge in [-0.25, -0.2) is 8.42 Å². The number of hydrogen-bond acceptors (Lipinski definition) is 5.